The van der Waals surface area contributed by atoms with Crippen LogP contribution in [0.3, 0.4) is 0 Å². The lowest BCUT2D eigenvalue weighted by atomic mass is 10.2. The van der Waals surface area contributed by atoms with Crippen LogP contribution in [0.1, 0.15) is 22.5 Å². The van der Waals surface area contributed by atoms with Crippen LogP contribution in [-0.2, 0) is 23.5 Å². The predicted molar refractivity (Wildman–Crippen MR) is 84.9 cm³/mol. The van der Waals surface area contributed by atoms with Crippen molar-refractivity contribution in [3.63, 3.8) is 0 Å². The zero-order valence-corrected chi connectivity index (χ0v) is 14.1. The van der Waals surface area contributed by atoms with Crippen LogP contribution in [0, 0.1) is 26.6 Å². The van der Waals surface area contributed by atoms with E-state index in [1.165, 1.54) is 18.2 Å². The summed E-state index contributed by atoms with van der Waals surface area (Å²) in [4.78, 5) is 0.0902. The van der Waals surface area contributed by atoms with Gasteiger partial charge in [0, 0.05) is 25.0 Å². The fraction of sp³-hybridized carbons (Fsp3) is 0.375. The van der Waals surface area contributed by atoms with E-state index in [2.05, 4.69) is 15.4 Å². The molecule has 22 heavy (non-hydrogen) atoms. The van der Waals surface area contributed by atoms with E-state index in [4.69, 9.17) is 0 Å². The SMILES string of the molecule is Cc1cc(S(=O)(=O)NCCc2cc(C)n(C)c2C)ccc1F. The fourth-order valence-corrected chi connectivity index (χ4v) is 3.49. The summed E-state index contributed by atoms with van der Waals surface area (Å²) in [6, 6.07) is 5.86. The van der Waals surface area contributed by atoms with E-state index in [9.17, 15) is 12.8 Å². The van der Waals surface area contributed by atoms with Crippen molar-refractivity contribution in [3.05, 3.63) is 52.6 Å². The van der Waals surface area contributed by atoms with Crippen LogP contribution in [0.5, 0.6) is 0 Å². The Hall–Kier alpha value is -1.66. The van der Waals surface area contributed by atoms with Crippen LogP contribution >= 0.6 is 0 Å². The Morgan fingerprint density at radius 3 is 2.41 bits per heavy atom. The number of nitrogens with one attached hydrogen (secondary N) is 1. The van der Waals surface area contributed by atoms with Gasteiger partial charge in [-0.3, -0.25) is 0 Å². The van der Waals surface area contributed by atoms with Gasteiger partial charge in [0.05, 0.1) is 4.90 Å². The summed E-state index contributed by atoms with van der Waals surface area (Å²) in [7, 11) is -1.62. The molecule has 0 aliphatic heterocycles. The topological polar surface area (TPSA) is 51.1 Å². The molecule has 0 saturated heterocycles. The molecule has 1 aromatic carbocycles. The molecule has 0 aliphatic rings. The van der Waals surface area contributed by atoms with Gasteiger partial charge in [0.25, 0.3) is 0 Å². The minimum atomic E-state index is -3.61. The molecule has 1 heterocycles. The van der Waals surface area contributed by atoms with Gasteiger partial charge < -0.3 is 4.57 Å². The van der Waals surface area contributed by atoms with Crippen molar-refractivity contribution < 1.29 is 12.8 Å². The lowest BCUT2D eigenvalue weighted by Crippen LogP contribution is -2.26. The Morgan fingerprint density at radius 1 is 1.18 bits per heavy atom. The van der Waals surface area contributed by atoms with Gasteiger partial charge in [-0.25, -0.2) is 17.5 Å². The molecule has 0 saturated carbocycles. The molecule has 0 fully saturated rings. The minimum Gasteiger partial charge on any atom is -0.352 e. The highest BCUT2D eigenvalue weighted by atomic mass is 32.2. The molecule has 0 spiro atoms. The van der Waals surface area contributed by atoms with Crippen LogP contribution in [-0.4, -0.2) is 19.5 Å². The highest BCUT2D eigenvalue weighted by Gasteiger charge is 2.15. The van der Waals surface area contributed by atoms with Crippen LogP contribution in [0.2, 0.25) is 0 Å². The van der Waals surface area contributed by atoms with Crippen LogP contribution < -0.4 is 4.72 Å². The monoisotopic (exact) mass is 324 g/mol. The summed E-state index contributed by atoms with van der Waals surface area (Å²) < 4.78 is 42.3. The van der Waals surface area contributed by atoms with Gasteiger partial charge in [0.1, 0.15) is 5.82 Å². The first-order chi connectivity index (χ1) is 10.2. The predicted octanol–water partition coefficient (Wildman–Crippen LogP) is 2.61. The molecule has 0 radical (unpaired) electrons. The number of rotatable bonds is 5. The average Bonchev–Trinajstić information content (AvgIpc) is 2.69. The molecule has 4 nitrogen and oxygen atoms in total. The number of aromatic nitrogens is 1. The van der Waals surface area contributed by atoms with Gasteiger partial charge >= 0.3 is 0 Å². The largest absolute Gasteiger partial charge is 0.352 e. The smallest absolute Gasteiger partial charge is 0.240 e. The quantitative estimate of drug-likeness (QED) is 0.919. The van der Waals surface area contributed by atoms with E-state index in [-0.39, 0.29) is 4.90 Å². The van der Waals surface area contributed by atoms with Crippen molar-refractivity contribution in [1.82, 2.24) is 9.29 Å². The Labute approximate surface area is 131 Å². The molecule has 0 aliphatic carbocycles. The Kier molecular flexibility index (Phi) is 4.72. The summed E-state index contributed by atoms with van der Waals surface area (Å²) in [5.41, 5.74) is 3.72. The molecule has 0 amide bonds. The summed E-state index contributed by atoms with van der Waals surface area (Å²) in [6.45, 7) is 5.88. The normalized spacial score (nSPS) is 11.9. The zero-order valence-electron chi connectivity index (χ0n) is 13.3. The minimum absolute atomic E-state index is 0.0902. The molecule has 0 bridgehead atoms. The van der Waals surface area contributed by atoms with Crippen LogP contribution in [0.4, 0.5) is 4.39 Å². The second-order valence-electron chi connectivity index (χ2n) is 5.51. The molecule has 2 aromatic rings. The van der Waals surface area contributed by atoms with Gasteiger partial charge in [-0.1, -0.05) is 0 Å². The summed E-state index contributed by atoms with van der Waals surface area (Å²) >= 11 is 0. The summed E-state index contributed by atoms with van der Waals surface area (Å²) in [5.74, 6) is -0.408. The van der Waals surface area contributed by atoms with Crippen LogP contribution in [0.15, 0.2) is 29.2 Å². The number of sulfonamides is 1. The molecule has 2 rings (SSSR count). The van der Waals surface area contributed by atoms with E-state index in [1.807, 2.05) is 20.9 Å². The van der Waals surface area contributed by atoms with Gasteiger partial charge in [0.15, 0.2) is 0 Å². The zero-order chi connectivity index (χ0) is 16.5. The van der Waals surface area contributed by atoms with Gasteiger partial charge in [-0.05, 0) is 62.6 Å². The number of hydrogen-bond donors (Lipinski definition) is 1. The first-order valence-corrected chi connectivity index (χ1v) is 8.58. The van der Waals surface area contributed by atoms with Crippen molar-refractivity contribution >= 4 is 10.0 Å². The van der Waals surface area contributed by atoms with E-state index in [1.54, 1.807) is 6.92 Å². The number of halogens is 1. The van der Waals surface area contributed by atoms with E-state index < -0.39 is 15.8 Å². The fourth-order valence-electron chi connectivity index (χ4n) is 2.37. The number of benzene rings is 1. The molecule has 1 N–H and O–H groups in total. The number of hydrogen-bond acceptors (Lipinski definition) is 2. The molecule has 6 heteroatoms. The molecule has 0 unspecified atom stereocenters. The second-order valence-corrected chi connectivity index (χ2v) is 7.28. The van der Waals surface area contributed by atoms with Crippen molar-refractivity contribution in [2.75, 3.05) is 6.54 Å². The maximum Gasteiger partial charge on any atom is 0.240 e. The van der Waals surface area contributed by atoms with Crippen LogP contribution in [0.25, 0.3) is 0 Å². The van der Waals surface area contributed by atoms with Crippen molar-refractivity contribution in [3.8, 4) is 0 Å². The third kappa shape index (κ3) is 3.39. The highest BCUT2D eigenvalue weighted by molar-refractivity contribution is 7.89. The van der Waals surface area contributed by atoms with Crippen molar-refractivity contribution in [2.24, 2.45) is 7.05 Å². The average molecular weight is 324 g/mol. The molecular formula is C16H21FN2O2S. The number of nitrogens with zero attached hydrogens (tertiary/aromatic N) is 1. The molecule has 120 valence electrons. The highest BCUT2D eigenvalue weighted by Crippen LogP contribution is 2.16. The van der Waals surface area contributed by atoms with Gasteiger partial charge in [0.2, 0.25) is 10.0 Å². The van der Waals surface area contributed by atoms with E-state index >= 15 is 0 Å². The standard InChI is InChI=1S/C16H21FN2O2S/c1-11-9-15(5-6-16(11)17)22(20,21)18-8-7-14-10-12(2)19(4)13(14)3/h5-6,9-10,18H,7-8H2,1-4H3. The molecule has 0 atom stereocenters. The second kappa shape index (κ2) is 6.22. The van der Waals surface area contributed by atoms with E-state index in [0.717, 1.165) is 17.0 Å². The Bertz CT molecular complexity index is 795. The van der Waals surface area contributed by atoms with Gasteiger partial charge in [-0.2, -0.15) is 0 Å². The van der Waals surface area contributed by atoms with Crippen molar-refractivity contribution in [1.29, 1.82) is 0 Å². The van der Waals surface area contributed by atoms with Crippen molar-refractivity contribution in [2.45, 2.75) is 32.1 Å². The maximum absolute atomic E-state index is 13.2. The first-order valence-electron chi connectivity index (χ1n) is 7.10. The lowest BCUT2D eigenvalue weighted by molar-refractivity contribution is 0.580. The van der Waals surface area contributed by atoms with Gasteiger partial charge in [-0.15, -0.1) is 0 Å². The molecule has 1 aromatic heterocycles. The van der Waals surface area contributed by atoms with E-state index in [0.29, 0.717) is 18.5 Å². The Morgan fingerprint density at radius 2 is 1.86 bits per heavy atom. The third-order valence-corrected chi connectivity index (χ3v) is 5.46. The summed E-state index contributed by atoms with van der Waals surface area (Å²) in [6.07, 6.45) is 0.618. The third-order valence-electron chi connectivity index (χ3n) is 4.01. The maximum atomic E-state index is 13.2. The summed E-state index contributed by atoms with van der Waals surface area (Å²) in [5, 5.41) is 0. The Balaban J connectivity index is 2.06. The molecular weight excluding hydrogens is 303 g/mol. The first kappa shape index (κ1) is 16.7. The lowest BCUT2D eigenvalue weighted by Gasteiger charge is -2.08. The number of aryl methyl sites for hydroxylation is 2.